The van der Waals surface area contributed by atoms with Crippen molar-refractivity contribution in [1.29, 1.82) is 0 Å². The molecule has 2 heterocycles. The standard InChI is InChI=1S/C16H18N2O2S/c1-12-5-4-6-13(9-12)20-10-15-17-14(11-21-15)16(19)18-7-2-3-8-18/h4-6,9,11H,2-3,7-8,10H2,1H3. The third kappa shape index (κ3) is 3.42. The third-order valence-electron chi connectivity index (χ3n) is 3.52. The molecular formula is C16H18N2O2S. The highest BCUT2D eigenvalue weighted by atomic mass is 32.1. The van der Waals surface area contributed by atoms with Crippen LogP contribution in [0, 0.1) is 6.92 Å². The molecule has 1 aromatic carbocycles. The minimum absolute atomic E-state index is 0.0468. The fourth-order valence-electron chi connectivity index (χ4n) is 2.41. The lowest BCUT2D eigenvalue weighted by Gasteiger charge is -2.12. The first-order valence-electron chi connectivity index (χ1n) is 7.15. The van der Waals surface area contributed by atoms with Crippen LogP contribution >= 0.6 is 11.3 Å². The van der Waals surface area contributed by atoms with Gasteiger partial charge in [-0.2, -0.15) is 0 Å². The third-order valence-corrected chi connectivity index (χ3v) is 4.34. The summed E-state index contributed by atoms with van der Waals surface area (Å²) in [6.45, 7) is 4.14. The van der Waals surface area contributed by atoms with Crippen molar-refractivity contribution in [2.24, 2.45) is 0 Å². The number of nitrogens with zero attached hydrogens (tertiary/aromatic N) is 2. The van der Waals surface area contributed by atoms with Crippen molar-refractivity contribution in [1.82, 2.24) is 9.88 Å². The molecular weight excluding hydrogens is 284 g/mol. The molecule has 0 radical (unpaired) electrons. The summed E-state index contributed by atoms with van der Waals surface area (Å²) in [6.07, 6.45) is 2.19. The van der Waals surface area contributed by atoms with Crippen molar-refractivity contribution in [3.8, 4) is 5.75 Å². The number of amides is 1. The first kappa shape index (κ1) is 14.1. The summed E-state index contributed by atoms with van der Waals surface area (Å²) >= 11 is 1.48. The predicted molar refractivity (Wildman–Crippen MR) is 82.8 cm³/mol. The van der Waals surface area contributed by atoms with E-state index < -0.39 is 0 Å². The van der Waals surface area contributed by atoms with Gasteiger partial charge in [0.15, 0.2) is 0 Å². The number of likely N-dealkylation sites (tertiary alicyclic amines) is 1. The number of ether oxygens (including phenoxy) is 1. The van der Waals surface area contributed by atoms with Gasteiger partial charge >= 0.3 is 0 Å². The SMILES string of the molecule is Cc1cccc(OCc2nc(C(=O)N3CCCC3)cs2)c1. The molecule has 3 rings (SSSR count). The molecule has 0 atom stereocenters. The highest BCUT2D eigenvalue weighted by Gasteiger charge is 2.21. The summed E-state index contributed by atoms with van der Waals surface area (Å²) in [6, 6.07) is 7.92. The summed E-state index contributed by atoms with van der Waals surface area (Å²) in [5.41, 5.74) is 1.71. The van der Waals surface area contributed by atoms with E-state index in [1.54, 1.807) is 0 Å². The Labute approximate surface area is 128 Å². The zero-order valence-electron chi connectivity index (χ0n) is 12.0. The topological polar surface area (TPSA) is 42.4 Å². The van der Waals surface area contributed by atoms with Crippen molar-refractivity contribution in [2.45, 2.75) is 26.4 Å². The minimum Gasteiger partial charge on any atom is -0.486 e. The summed E-state index contributed by atoms with van der Waals surface area (Å²) in [5, 5.41) is 2.66. The van der Waals surface area contributed by atoms with E-state index in [1.165, 1.54) is 11.3 Å². The van der Waals surface area contributed by atoms with Crippen molar-refractivity contribution in [3.63, 3.8) is 0 Å². The minimum atomic E-state index is 0.0468. The molecule has 0 spiro atoms. The van der Waals surface area contributed by atoms with Crippen LogP contribution in [-0.4, -0.2) is 28.9 Å². The van der Waals surface area contributed by atoms with Gasteiger partial charge in [0.1, 0.15) is 23.1 Å². The van der Waals surface area contributed by atoms with Gasteiger partial charge in [0.25, 0.3) is 5.91 Å². The Balaban J connectivity index is 1.61. The molecule has 4 nitrogen and oxygen atoms in total. The summed E-state index contributed by atoms with van der Waals surface area (Å²) in [5.74, 6) is 0.878. The van der Waals surface area contributed by atoms with E-state index in [2.05, 4.69) is 4.98 Å². The lowest BCUT2D eigenvalue weighted by atomic mass is 10.2. The van der Waals surface area contributed by atoms with Gasteiger partial charge in [-0.05, 0) is 37.5 Å². The molecule has 21 heavy (non-hydrogen) atoms. The van der Waals surface area contributed by atoms with E-state index in [0.717, 1.165) is 42.3 Å². The van der Waals surface area contributed by atoms with Gasteiger partial charge in [0.2, 0.25) is 0 Å². The number of hydrogen-bond donors (Lipinski definition) is 0. The fraction of sp³-hybridized carbons (Fsp3) is 0.375. The zero-order valence-corrected chi connectivity index (χ0v) is 12.9. The zero-order chi connectivity index (χ0) is 14.7. The van der Waals surface area contributed by atoms with Crippen LogP contribution in [0.25, 0.3) is 0 Å². The molecule has 5 heteroatoms. The number of hydrogen-bond acceptors (Lipinski definition) is 4. The Bertz CT molecular complexity index is 633. The van der Waals surface area contributed by atoms with Crippen molar-refractivity contribution < 1.29 is 9.53 Å². The van der Waals surface area contributed by atoms with Gasteiger partial charge < -0.3 is 9.64 Å². The first-order chi connectivity index (χ1) is 10.2. The Hall–Kier alpha value is -1.88. The van der Waals surface area contributed by atoms with Crippen LogP contribution in [0.1, 0.15) is 33.9 Å². The fourth-order valence-corrected chi connectivity index (χ4v) is 3.09. The lowest BCUT2D eigenvalue weighted by Crippen LogP contribution is -2.27. The first-order valence-corrected chi connectivity index (χ1v) is 8.03. The Kier molecular flexibility index (Phi) is 4.20. The van der Waals surface area contributed by atoms with Crippen molar-refractivity contribution >= 4 is 17.2 Å². The number of carbonyl (C=O) groups is 1. The summed E-state index contributed by atoms with van der Waals surface area (Å²) in [7, 11) is 0. The maximum Gasteiger partial charge on any atom is 0.273 e. The van der Waals surface area contributed by atoms with Gasteiger partial charge in [0.05, 0.1) is 0 Å². The van der Waals surface area contributed by atoms with Crippen LogP contribution in [-0.2, 0) is 6.61 Å². The van der Waals surface area contributed by atoms with Gasteiger partial charge in [-0.3, -0.25) is 4.79 Å². The molecule has 1 fully saturated rings. The second kappa shape index (κ2) is 6.26. The monoisotopic (exact) mass is 302 g/mol. The highest BCUT2D eigenvalue weighted by Crippen LogP contribution is 2.18. The molecule has 0 unspecified atom stereocenters. The summed E-state index contributed by atoms with van der Waals surface area (Å²) < 4.78 is 5.71. The van der Waals surface area contributed by atoms with E-state index in [-0.39, 0.29) is 5.91 Å². The number of carbonyl (C=O) groups excluding carboxylic acids is 1. The highest BCUT2D eigenvalue weighted by molar-refractivity contribution is 7.09. The molecule has 1 saturated heterocycles. The molecule has 0 saturated carbocycles. The lowest BCUT2D eigenvalue weighted by molar-refractivity contribution is 0.0787. The van der Waals surface area contributed by atoms with Crippen LogP contribution in [0.15, 0.2) is 29.6 Å². The van der Waals surface area contributed by atoms with Gasteiger partial charge in [-0.1, -0.05) is 12.1 Å². The molecule has 0 aliphatic carbocycles. The van der Waals surface area contributed by atoms with Crippen molar-refractivity contribution in [2.75, 3.05) is 13.1 Å². The van der Waals surface area contributed by atoms with E-state index in [9.17, 15) is 4.79 Å². The van der Waals surface area contributed by atoms with Crippen LogP contribution in [0.3, 0.4) is 0 Å². The normalized spacial score (nSPS) is 14.4. The van der Waals surface area contributed by atoms with Crippen LogP contribution in [0.2, 0.25) is 0 Å². The molecule has 1 amide bonds. The number of rotatable bonds is 4. The largest absolute Gasteiger partial charge is 0.486 e. The van der Waals surface area contributed by atoms with Gasteiger partial charge in [-0.15, -0.1) is 11.3 Å². The van der Waals surface area contributed by atoms with Crippen LogP contribution < -0.4 is 4.74 Å². The number of aromatic nitrogens is 1. The summed E-state index contributed by atoms with van der Waals surface area (Å²) in [4.78, 5) is 18.5. The number of benzene rings is 1. The second-order valence-corrected chi connectivity index (χ2v) is 6.17. The Morgan fingerprint density at radius 1 is 1.38 bits per heavy atom. The van der Waals surface area contributed by atoms with Crippen LogP contribution in [0.5, 0.6) is 5.75 Å². The quantitative estimate of drug-likeness (QED) is 0.870. The molecule has 110 valence electrons. The predicted octanol–water partition coefficient (Wildman–Crippen LogP) is 3.27. The Morgan fingerprint density at radius 3 is 2.95 bits per heavy atom. The average molecular weight is 302 g/mol. The van der Waals surface area contributed by atoms with E-state index in [1.807, 2.05) is 41.5 Å². The maximum atomic E-state index is 12.2. The number of thiazole rings is 1. The van der Waals surface area contributed by atoms with E-state index in [4.69, 9.17) is 4.74 Å². The van der Waals surface area contributed by atoms with Crippen LogP contribution in [0.4, 0.5) is 0 Å². The van der Waals surface area contributed by atoms with Gasteiger partial charge in [-0.25, -0.2) is 4.98 Å². The number of aryl methyl sites for hydroxylation is 1. The maximum absolute atomic E-state index is 12.2. The molecule has 1 aliphatic rings. The molecule has 0 N–H and O–H groups in total. The molecule has 1 aromatic heterocycles. The average Bonchev–Trinajstić information content (AvgIpc) is 3.16. The Morgan fingerprint density at radius 2 is 2.19 bits per heavy atom. The van der Waals surface area contributed by atoms with E-state index in [0.29, 0.717) is 12.3 Å². The molecule has 2 aromatic rings. The van der Waals surface area contributed by atoms with E-state index >= 15 is 0 Å². The smallest absolute Gasteiger partial charge is 0.273 e. The molecule has 1 aliphatic heterocycles. The van der Waals surface area contributed by atoms with Crippen molar-refractivity contribution in [3.05, 3.63) is 45.9 Å². The van der Waals surface area contributed by atoms with Gasteiger partial charge in [0, 0.05) is 18.5 Å². The molecule has 0 bridgehead atoms. The second-order valence-electron chi connectivity index (χ2n) is 5.23.